The Labute approximate surface area is 117 Å². The van der Waals surface area contributed by atoms with Crippen LogP contribution in [0.25, 0.3) is 0 Å². The number of aryl methyl sites for hydroxylation is 1. The van der Waals surface area contributed by atoms with E-state index in [0.29, 0.717) is 6.04 Å². The molecule has 0 saturated carbocycles. The van der Waals surface area contributed by atoms with Crippen molar-refractivity contribution in [3.05, 3.63) is 17.6 Å². The van der Waals surface area contributed by atoms with Gasteiger partial charge in [0.1, 0.15) is 12.1 Å². The third-order valence-electron chi connectivity index (χ3n) is 3.93. The molecule has 0 aliphatic heterocycles. The molecule has 106 valence electrons. The van der Waals surface area contributed by atoms with Gasteiger partial charge in [-0.3, -0.25) is 0 Å². The van der Waals surface area contributed by atoms with Crippen LogP contribution in [0.4, 0.5) is 5.82 Å². The van der Waals surface area contributed by atoms with Crippen LogP contribution in [0, 0.1) is 5.92 Å². The summed E-state index contributed by atoms with van der Waals surface area (Å²) in [4.78, 5) is 8.87. The minimum absolute atomic E-state index is 0.500. The van der Waals surface area contributed by atoms with E-state index in [1.807, 2.05) is 0 Å². The summed E-state index contributed by atoms with van der Waals surface area (Å²) in [5.74, 6) is 1.89. The predicted molar refractivity (Wildman–Crippen MR) is 80.4 cm³/mol. The number of anilines is 1. The van der Waals surface area contributed by atoms with Gasteiger partial charge in [0.2, 0.25) is 0 Å². The molecule has 0 bridgehead atoms. The van der Waals surface area contributed by atoms with E-state index >= 15 is 0 Å². The third kappa shape index (κ3) is 4.19. The minimum atomic E-state index is 0.500. The Hall–Kier alpha value is -1.12. The molecule has 0 amide bonds. The Morgan fingerprint density at radius 3 is 2.68 bits per heavy atom. The summed E-state index contributed by atoms with van der Waals surface area (Å²) < 4.78 is 0. The van der Waals surface area contributed by atoms with Gasteiger partial charge in [-0.05, 0) is 44.9 Å². The van der Waals surface area contributed by atoms with Crippen molar-refractivity contribution < 1.29 is 0 Å². The Balaban J connectivity index is 1.91. The lowest BCUT2D eigenvalue weighted by Crippen LogP contribution is -2.19. The molecule has 1 aliphatic rings. The molecule has 19 heavy (non-hydrogen) atoms. The Kier molecular flexibility index (Phi) is 5.17. The third-order valence-corrected chi connectivity index (χ3v) is 3.93. The lowest BCUT2D eigenvalue weighted by atomic mass is 9.96. The fraction of sp³-hybridized carbons (Fsp3) is 0.750. The second-order valence-electron chi connectivity index (χ2n) is 6.22. The molecule has 1 aromatic rings. The van der Waals surface area contributed by atoms with Gasteiger partial charge >= 0.3 is 0 Å². The van der Waals surface area contributed by atoms with Crippen LogP contribution in [0.1, 0.15) is 64.1 Å². The fourth-order valence-corrected chi connectivity index (χ4v) is 2.78. The average molecular weight is 261 g/mol. The predicted octanol–water partition coefficient (Wildman–Crippen LogP) is 3.98. The normalized spacial score (nSPS) is 16.2. The summed E-state index contributed by atoms with van der Waals surface area (Å²) in [7, 11) is 0. The zero-order valence-electron chi connectivity index (χ0n) is 12.6. The van der Waals surface area contributed by atoms with Crippen molar-refractivity contribution in [1.82, 2.24) is 9.97 Å². The quantitative estimate of drug-likeness (QED) is 0.841. The van der Waals surface area contributed by atoms with E-state index < -0.39 is 0 Å². The Bertz CT molecular complexity index is 401. The second kappa shape index (κ2) is 6.88. The molecular weight excluding hydrogens is 234 g/mol. The molecule has 2 rings (SSSR count). The second-order valence-corrected chi connectivity index (χ2v) is 6.22. The molecule has 1 N–H and O–H groups in total. The molecule has 1 aromatic heterocycles. The smallest absolute Gasteiger partial charge is 0.133 e. The van der Waals surface area contributed by atoms with Gasteiger partial charge in [0, 0.05) is 17.3 Å². The number of hydrogen-bond donors (Lipinski definition) is 1. The zero-order valence-corrected chi connectivity index (χ0v) is 12.6. The molecule has 0 radical (unpaired) electrons. The van der Waals surface area contributed by atoms with E-state index in [0.717, 1.165) is 24.6 Å². The molecule has 3 nitrogen and oxygen atoms in total. The standard InChI is InChI=1S/C16H27N3/c1-12(2)7-6-8-13(3)19-16-14-9-4-5-10-15(14)17-11-18-16/h11-13H,4-10H2,1-3H3,(H,17,18,19). The van der Waals surface area contributed by atoms with Gasteiger partial charge in [-0.15, -0.1) is 0 Å². The van der Waals surface area contributed by atoms with Crippen LogP contribution < -0.4 is 5.32 Å². The highest BCUT2D eigenvalue weighted by atomic mass is 15.0. The number of aromatic nitrogens is 2. The Morgan fingerprint density at radius 1 is 1.11 bits per heavy atom. The van der Waals surface area contributed by atoms with Crippen LogP contribution in [-0.4, -0.2) is 16.0 Å². The number of rotatable bonds is 6. The van der Waals surface area contributed by atoms with Crippen LogP contribution in [0.15, 0.2) is 6.33 Å². The summed E-state index contributed by atoms with van der Waals surface area (Å²) in [6, 6.07) is 0.500. The highest BCUT2D eigenvalue weighted by Gasteiger charge is 2.16. The van der Waals surface area contributed by atoms with Crippen LogP contribution in [-0.2, 0) is 12.8 Å². The summed E-state index contributed by atoms with van der Waals surface area (Å²) in [6.45, 7) is 6.84. The summed E-state index contributed by atoms with van der Waals surface area (Å²) in [5, 5.41) is 3.59. The van der Waals surface area contributed by atoms with Crippen molar-refractivity contribution in [3.8, 4) is 0 Å². The van der Waals surface area contributed by atoms with Crippen LogP contribution >= 0.6 is 0 Å². The van der Waals surface area contributed by atoms with E-state index in [1.165, 1.54) is 43.4 Å². The van der Waals surface area contributed by atoms with E-state index in [9.17, 15) is 0 Å². The first-order chi connectivity index (χ1) is 9.16. The van der Waals surface area contributed by atoms with Gasteiger partial charge in [0.15, 0.2) is 0 Å². The van der Waals surface area contributed by atoms with E-state index in [4.69, 9.17) is 0 Å². The maximum Gasteiger partial charge on any atom is 0.133 e. The van der Waals surface area contributed by atoms with Crippen LogP contribution in [0.3, 0.4) is 0 Å². The van der Waals surface area contributed by atoms with Gasteiger partial charge in [0.05, 0.1) is 0 Å². The van der Waals surface area contributed by atoms with Crippen molar-refractivity contribution in [2.45, 2.75) is 71.8 Å². The van der Waals surface area contributed by atoms with Crippen molar-refractivity contribution >= 4 is 5.82 Å². The van der Waals surface area contributed by atoms with Crippen LogP contribution in [0.5, 0.6) is 0 Å². The van der Waals surface area contributed by atoms with Crippen molar-refractivity contribution in [3.63, 3.8) is 0 Å². The maximum absolute atomic E-state index is 4.45. The van der Waals surface area contributed by atoms with Crippen molar-refractivity contribution in [2.24, 2.45) is 5.92 Å². The molecular formula is C16H27N3. The molecule has 1 heterocycles. The molecule has 0 aromatic carbocycles. The van der Waals surface area contributed by atoms with E-state index in [2.05, 4.69) is 36.1 Å². The topological polar surface area (TPSA) is 37.8 Å². The number of hydrogen-bond acceptors (Lipinski definition) is 3. The first-order valence-corrected chi connectivity index (χ1v) is 7.76. The van der Waals surface area contributed by atoms with E-state index in [1.54, 1.807) is 6.33 Å². The largest absolute Gasteiger partial charge is 0.367 e. The lowest BCUT2D eigenvalue weighted by molar-refractivity contribution is 0.519. The van der Waals surface area contributed by atoms with Gasteiger partial charge in [-0.1, -0.05) is 26.7 Å². The highest BCUT2D eigenvalue weighted by molar-refractivity contribution is 5.47. The number of fused-ring (bicyclic) bond motifs is 1. The maximum atomic E-state index is 4.45. The number of nitrogens with one attached hydrogen (secondary N) is 1. The minimum Gasteiger partial charge on any atom is -0.367 e. The fourth-order valence-electron chi connectivity index (χ4n) is 2.78. The molecule has 1 aliphatic carbocycles. The van der Waals surface area contributed by atoms with Gasteiger partial charge in [0.25, 0.3) is 0 Å². The molecule has 0 spiro atoms. The monoisotopic (exact) mass is 261 g/mol. The lowest BCUT2D eigenvalue weighted by Gasteiger charge is -2.21. The van der Waals surface area contributed by atoms with Crippen molar-refractivity contribution in [1.29, 1.82) is 0 Å². The SMILES string of the molecule is CC(C)CCCC(C)Nc1ncnc2c1CCCC2. The first-order valence-electron chi connectivity index (χ1n) is 7.76. The molecule has 3 heteroatoms. The molecule has 1 unspecified atom stereocenters. The Morgan fingerprint density at radius 2 is 1.89 bits per heavy atom. The number of nitrogens with zero attached hydrogens (tertiary/aromatic N) is 2. The summed E-state index contributed by atoms with van der Waals surface area (Å²) in [6.07, 6.45) is 10.3. The molecule has 1 atom stereocenters. The highest BCUT2D eigenvalue weighted by Crippen LogP contribution is 2.25. The van der Waals surface area contributed by atoms with Crippen LogP contribution in [0.2, 0.25) is 0 Å². The summed E-state index contributed by atoms with van der Waals surface area (Å²) in [5.41, 5.74) is 2.63. The van der Waals surface area contributed by atoms with E-state index in [-0.39, 0.29) is 0 Å². The molecule has 0 saturated heterocycles. The molecule has 0 fully saturated rings. The zero-order chi connectivity index (χ0) is 13.7. The van der Waals surface area contributed by atoms with Gasteiger partial charge in [-0.2, -0.15) is 0 Å². The van der Waals surface area contributed by atoms with Crippen molar-refractivity contribution in [2.75, 3.05) is 5.32 Å². The van der Waals surface area contributed by atoms with Gasteiger partial charge < -0.3 is 5.32 Å². The average Bonchev–Trinajstić information content (AvgIpc) is 2.39. The first kappa shape index (κ1) is 14.3. The van der Waals surface area contributed by atoms with Gasteiger partial charge in [-0.25, -0.2) is 9.97 Å². The summed E-state index contributed by atoms with van der Waals surface area (Å²) >= 11 is 0.